The maximum Gasteiger partial charge on any atom is 0.0991 e. The smallest absolute Gasteiger partial charge is 0.0991 e. The van der Waals surface area contributed by atoms with Gasteiger partial charge in [-0.25, -0.2) is 0 Å². The van der Waals surface area contributed by atoms with Crippen LogP contribution in [0.4, 0.5) is 0 Å². The van der Waals surface area contributed by atoms with Gasteiger partial charge in [0.25, 0.3) is 0 Å². The highest BCUT2D eigenvalue weighted by Gasteiger charge is 2.43. The molecule has 0 aromatic carbocycles. The van der Waals surface area contributed by atoms with Crippen molar-refractivity contribution in [2.75, 3.05) is 34.0 Å². The van der Waals surface area contributed by atoms with E-state index in [1.165, 1.54) is 6.42 Å². The zero-order chi connectivity index (χ0) is 15.1. The molecular formula is C16H31NO4. The molecule has 0 radical (unpaired) electrons. The average molecular weight is 301 g/mol. The number of hydrogen-bond donors (Lipinski definition) is 1. The van der Waals surface area contributed by atoms with Gasteiger partial charge in [0, 0.05) is 20.3 Å². The number of methoxy groups -OCH3 is 2. The van der Waals surface area contributed by atoms with Crippen molar-refractivity contribution in [2.45, 2.75) is 69.5 Å². The van der Waals surface area contributed by atoms with Gasteiger partial charge in [-0.3, -0.25) is 0 Å². The third-order valence-corrected chi connectivity index (χ3v) is 4.59. The third-order valence-electron chi connectivity index (χ3n) is 4.59. The topological polar surface area (TPSA) is 49.0 Å². The van der Waals surface area contributed by atoms with Gasteiger partial charge in [-0.05, 0) is 38.6 Å². The fourth-order valence-corrected chi connectivity index (χ4v) is 3.35. The van der Waals surface area contributed by atoms with E-state index in [9.17, 15) is 0 Å². The number of likely N-dealkylation sites (N-methyl/N-ethyl adjacent to an activating group) is 1. The van der Waals surface area contributed by atoms with Crippen molar-refractivity contribution in [3.8, 4) is 0 Å². The number of hydrogen-bond acceptors (Lipinski definition) is 5. The van der Waals surface area contributed by atoms with Crippen LogP contribution < -0.4 is 5.32 Å². The molecular weight excluding hydrogens is 270 g/mol. The first-order valence-corrected chi connectivity index (χ1v) is 8.30. The van der Waals surface area contributed by atoms with Crippen molar-refractivity contribution >= 4 is 0 Å². The summed E-state index contributed by atoms with van der Waals surface area (Å²) in [5.74, 6) is 0. The lowest BCUT2D eigenvalue weighted by Crippen LogP contribution is -2.61. The van der Waals surface area contributed by atoms with E-state index in [0.29, 0.717) is 31.5 Å². The van der Waals surface area contributed by atoms with Gasteiger partial charge < -0.3 is 24.3 Å². The minimum absolute atomic E-state index is 0.156. The zero-order valence-corrected chi connectivity index (χ0v) is 13.7. The molecule has 0 heterocycles. The molecule has 0 aliphatic heterocycles. The molecule has 5 heteroatoms. The van der Waals surface area contributed by atoms with Crippen LogP contribution in [0.1, 0.15) is 39.0 Å². The molecule has 2 saturated carbocycles. The summed E-state index contributed by atoms with van der Waals surface area (Å²) < 4.78 is 22.8. The zero-order valence-electron chi connectivity index (χ0n) is 13.7. The van der Waals surface area contributed by atoms with Crippen LogP contribution in [0, 0.1) is 0 Å². The predicted octanol–water partition coefficient (Wildman–Crippen LogP) is 1.74. The highest BCUT2D eigenvalue weighted by Crippen LogP contribution is 2.32. The van der Waals surface area contributed by atoms with Crippen molar-refractivity contribution in [3.05, 3.63) is 0 Å². The summed E-state index contributed by atoms with van der Waals surface area (Å²) in [5, 5.41) is 3.48. The van der Waals surface area contributed by atoms with Crippen molar-refractivity contribution < 1.29 is 18.9 Å². The van der Waals surface area contributed by atoms with Gasteiger partial charge in [-0.2, -0.15) is 0 Å². The van der Waals surface area contributed by atoms with Gasteiger partial charge in [0.1, 0.15) is 0 Å². The minimum atomic E-state index is 0.156. The number of rotatable bonds is 9. The van der Waals surface area contributed by atoms with Gasteiger partial charge >= 0.3 is 0 Å². The standard InChI is InChI=1S/C16H31NO4/c1-4-17-14-11-15(16(14)20-9-8-18-2)21-13-7-5-6-12(10-13)19-3/h12-17H,4-11H2,1-3H3. The summed E-state index contributed by atoms with van der Waals surface area (Å²) in [4.78, 5) is 0. The summed E-state index contributed by atoms with van der Waals surface area (Å²) in [6.07, 6.45) is 6.62. The molecule has 0 spiro atoms. The van der Waals surface area contributed by atoms with E-state index in [0.717, 1.165) is 32.2 Å². The Balaban J connectivity index is 1.77. The Hall–Kier alpha value is -0.200. The van der Waals surface area contributed by atoms with Crippen molar-refractivity contribution in [2.24, 2.45) is 0 Å². The molecule has 0 amide bonds. The summed E-state index contributed by atoms with van der Waals surface area (Å²) in [6, 6.07) is 0.415. The van der Waals surface area contributed by atoms with Crippen LogP contribution in [-0.4, -0.2) is 64.4 Å². The Morgan fingerprint density at radius 2 is 1.86 bits per heavy atom. The Morgan fingerprint density at radius 3 is 2.57 bits per heavy atom. The molecule has 5 unspecified atom stereocenters. The molecule has 0 saturated heterocycles. The van der Waals surface area contributed by atoms with E-state index in [1.54, 1.807) is 14.2 Å². The van der Waals surface area contributed by atoms with E-state index in [2.05, 4.69) is 12.2 Å². The SMILES string of the molecule is CCNC1CC(OC2CCCC(OC)C2)C1OCCOC. The van der Waals surface area contributed by atoms with E-state index < -0.39 is 0 Å². The maximum atomic E-state index is 6.29. The minimum Gasteiger partial charge on any atom is -0.382 e. The molecule has 0 bridgehead atoms. The number of ether oxygens (including phenoxy) is 4. The van der Waals surface area contributed by atoms with Crippen LogP contribution in [0.5, 0.6) is 0 Å². The lowest BCUT2D eigenvalue weighted by Gasteiger charge is -2.46. The Morgan fingerprint density at radius 1 is 1.05 bits per heavy atom. The molecule has 2 aliphatic carbocycles. The van der Waals surface area contributed by atoms with Crippen LogP contribution in [0.3, 0.4) is 0 Å². The fourth-order valence-electron chi connectivity index (χ4n) is 3.35. The highest BCUT2D eigenvalue weighted by atomic mass is 16.6. The van der Waals surface area contributed by atoms with E-state index in [4.69, 9.17) is 18.9 Å². The van der Waals surface area contributed by atoms with Crippen molar-refractivity contribution in [3.63, 3.8) is 0 Å². The van der Waals surface area contributed by atoms with Gasteiger partial charge in [0.15, 0.2) is 0 Å². The number of nitrogens with one attached hydrogen (secondary N) is 1. The maximum absolute atomic E-state index is 6.29. The summed E-state index contributed by atoms with van der Waals surface area (Å²) >= 11 is 0. The Kier molecular flexibility index (Phi) is 7.40. The van der Waals surface area contributed by atoms with Crippen LogP contribution in [0.2, 0.25) is 0 Å². The van der Waals surface area contributed by atoms with E-state index in [1.807, 2.05) is 0 Å². The van der Waals surface area contributed by atoms with Gasteiger partial charge in [-0.1, -0.05) is 6.92 Å². The molecule has 124 valence electrons. The van der Waals surface area contributed by atoms with Gasteiger partial charge in [0.05, 0.1) is 37.6 Å². The monoisotopic (exact) mass is 301 g/mol. The van der Waals surface area contributed by atoms with Gasteiger partial charge in [-0.15, -0.1) is 0 Å². The summed E-state index contributed by atoms with van der Waals surface area (Å²) in [7, 11) is 3.50. The molecule has 5 nitrogen and oxygen atoms in total. The molecule has 2 rings (SSSR count). The van der Waals surface area contributed by atoms with E-state index >= 15 is 0 Å². The first kappa shape index (κ1) is 17.2. The highest BCUT2D eigenvalue weighted by molar-refractivity contribution is 4.98. The van der Waals surface area contributed by atoms with Crippen LogP contribution in [0.15, 0.2) is 0 Å². The first-order chi connectivity index (χ1) is 10.3. The molecule has 2 aliphatic rings. The molecule has 0 aromatic rings. The normalized spacial score (nSPS) is 36.4. The molecule has 0 aromatic heterocycles. The predicted molar refractivity (Wildman–Crippen MR) is 81.6 cm³/mol. The largest absolute Gasteiger partial charge is 0.382 e. The van der Waals surface area contributed by atoms with Crippen LogP contribution in [-0.2, 0) is 18.9 Å². The fraction of sp³-hybridized carbons (Fsp3) is 1.00. The molecule has 5 atom stereocenters. The van der Waals surface area contributed by atoms with Crippen molar-refractivity contribution in [1.29, 1.82) is 0 Å². The quantitative estimate of drug-likeness (QED) is 0.657. The van der Waals surface area contributed by atoms with Crippen LogP contribution >= 0.6 is 0 Å². The summed E-state index contributed by atoms with van der Waals surface area (Å²) in [5.41, 5.74) is 0. The van der Waals surface area contributed by atoms with Crippen LogP contribution in [0.25, 0.3) is 0 Å². The average Bonchev–Trinajstić information content (AvgIpc) is 2.50. The first-order valence-electron chi connectivity index (χ1n) is 8.30. The second-order valence-corrected chi connectivity index (χ2v) is 6.05. The summed E-state index contributed by atoms with van der Waals surface area (Å²) in [6.45, 7) is 4.37. The molecule has 2 fully saturated rings. The lowest BCUT2D eigenvalue weighted by atomic mass is 9.84. The lowest BCUT2D eigenvalue weighted by molar-refractivity contribution is -0.181. The second kappa shape index (κ2) is 9.06. The Labute approximate surface area is 128 Å². The van der Waals surface area contributed by atoms with Crippen molar-refractivity contribution in [1.82, 2.24) is 5.32 Å². The third kappa shape index (κ3) is 4.89. The van der Waals surface area contributed by atoms with E-state index in [-0.39, 0.29) is 12.2 Å². The van der Waals surface area contributed by atoms with Gasteiger partial charge in [0.2, 0.25) is 0 Å². The molecule has 21 heavy (non-hydrogen) atoms. The second-order valence-electron chi connectivity index (χ2n) is 6.05. The molecule has 1 N–H and O–H groups in total. The Bertz CT molecular complexity index is 289.